The van der Waals surface area contributed by atoms with E-state index >= 15 is 0 Å². The highest BCUT2D eigenvalue weighted by molar-refractivity contribution is 5.69. The maximum Gasteiger partial charge on any atom is 0.306 e. The number of carbonyl (C=O) groups is 1. The standard InChI is InChI=1S/C13H24O3/c1-11(2)6-4-7-12(3)10-13(15)16-9-5-8-14/h6,12,14H,4-5,7-10H2,1-3H3. The van der Waals surface area contributed by atoms with Gasteiger partial charge in [-0.1, -0.05) is 18.6 Å². The molecule has 0 aromatic carbocycles. The van der Waals surface area contributed by atoms with Gasteiger partial charge in [-0.25, -0.2) is 0 Å². The Labute approximate surface area is 98.5 Å². The van der Waals surface area contributed by atoms with Gasteiger partial charge in [0.05, 0.1) is 6.61 Å². The van der Waals surface area contributed by atoms with Crippen LogP contribution in [-0.4, -0.2) is 24.3 Å². The summed E-state index contributed by atoms with van der Waals surface area (Å²) in [5.74, 6) is 0.204. The molecule has 0 bridgehead atoms. The fourth-order valence-electron chi connectivity index (χ4n) is 1.35. The van der Waals surface area contributed by atoms with E-state index in [1.165, 1.54) is 5.57 Å². The van der Waals surface area contributed by atoms with Gasteiger partial charge in [0.15, 0.2) is 0 Å². The van der Waals surface area contributed by atoms with Gasteiger partial charge in [0.2, 0.25) is 0 Å². The highest BCUT2D eigenvalue weighted by Crippen LogP contribution is 2.12. The Balaban J connectivity index is 3.58. The van der Waals surface area contributed by atoms with E-state index in [9.17, 15) is 4.79 Å². The highest BCUT2D eigenvalue weighted by Gasteiger charge is 2.09. The average molecular weight is 228 g/mol. The molecular formula is C13H24O3. The zero-order chi connectivity index (χ0) is 12.4. The molecule has 0 spiro atoms. The van der Waals surface area contributed by atoms with Gasteiger partial charge in [-0.2, -0.15) is 0 Å². The summed E-state index contributed by atoms with van der Waals surface area (Å²) in [6.07, 6.45) is 5.22. The summed E-state index contributed by atoms with van der Waals surface area (Å²) in [7, 11) is 0. The minimum absolute atomic E-state index is 0.0728. The van der Waals surface area contributed by atoms with E-state index in [4.69, 9.17) is 9.84 Å². The summed E-state index contributed by atoms with van der Waals surface area (Å²) in [5, 5.41) is 8.53. The van der Waals surface area contributed by atoms with E-state index < -0.39 is 0 Å². The van der Waals surface area contributed by atoms with Gasteiger partial charge in [0.1, 0.15) is 0 Å². The first kappa shape index (κ1) is 15.2. The molecule has 0 fully saturated rings. The van der Waals surface area contributed by atoms with Crippen LogP contribution >= 0.6 is 0 Å². The maximum atomic E-state index is 11.3. The van der Waals surface area contributed by atoms with Gasteiger partial charge in [-0.3, -0.25) is 4.79 Å². The Morgan fingerprint density at radius 2 is 2.12 bits per heavy atom. The molecule has 0 heterocycles. The van der Waals surface area contributed by atoms with Gasteiger partial charge in [0, 0.05) is 19.4 Å². The number of hydrogen-bond acceptors (Lipinski definition) is 3. The number of carbonyl (C=O) groups excluding carboxylic acids is 1. The Morgan fingerprint density at radius 3 is 2.69 bits per heavy atom. The quantitative estimate of drug-likeness (QED) is 0.395. The van der Waals surface area contributed by atoms with E-state index in [2.05, 4.69) is 26.8 Å². The summed E-state index contributed by atoms with van der Waals surface area (Å²) in [5.41, 5.74) is 1.32. The fourth-order valence-corrected chi connectivity index (χ4v) is 1.35. The first-order chi connectivity index (χ1) is 7.56. The van der Waals surface area contributed by atoms with E-state index in [-0.39, 0.29) is 12.6 Å². The molecule has 0 aliphatic carbocycles. The van der Waals surface area contributed by atoms with Crippen molar-refractivity contribution in [1.29, 1.82) is 0 Å². The Bertz CT molecular complexity index is 217. The molecule has 3 nitrogen and oxygen atoms in total. The normalized spacial score (nSPS) is 12.0. The predicted octanol–water partition coefficient (Wildman–Crippen LogP) is 2.68. The third kappa shape index (κ3) is 9.71. The largest absolute Gasteiger partial charge is 0.466 e. The van der Waals surface area contributed by atoms with Crippen molar-refractivity contribution in [2.24, 2.45) is 5.92 Å². The second-order valence-electron chi connectivity index (χ2n) is 4.47. The molecule has 0 aliphatic heterocycles. The Hall–Kier alpha value is -0.830. The minimum atomic E-state index is -0.154. The lowest BCUT2D eigenvalue weighted by Gasteiger charge is -2.09. The van der Waals surface area contributed by atoms with Crippen molar-refractivity contribution in [3.63, 3.8) is 0 Å². The van der Waals surface area contributed by atoms with Crippen molar-refractivity contribution >= 4 is 5.97 Å². The van der Waals surface area contributed by atoms with Gasteiger partial charge >= 0.3 is 5.97 Å². The molecule has 0 rings (SSSR count). The molecule has 0 saturated heterocycles. The minimum Gasteiger partial charge on any atom is -0.466 e. The molecular weight excluding hydrogens is 204 g/mol. The van der Waals surface area contributed by atoms with Crippen LogP contribution in [0.5, 0.6) is 0 Å². The van der Waals surface area contributed by atoms with Crippen molar-refractivity contribution in [2.75, 3.05) is 13.2 Å². The predicted molar refractivity (Wildman–Crippen MR) is 65.1 cm³/mol. The molecule has 0 aromatic heterocycles. The lowest BCUT2D eigenvalue weighted by molar-refractivity contribution is -0.144. The van der Waals surface area contributed by atoms with E-state index in [1.54, 1.807) is 0 Å². The van der Waals surface area contributed by atoms with Crippen LogP contribution in [0.4, 0.5) is 0 Å². The fraction of sp³-hybridized carbons (Fsp3) is 0.769. The van der Waals surface area contributed by atoms with Crippen molar-refractivity contribution in [1.82, 2.24) is 0 Å². The SMILES string of the molecule is CC(C)=CCCC(C)CC(=O)OCCCO. The molecule has 1 N–H and O–H groups in total. The molecule has 16 heavy (non-hydrogen) atoms. The number of esters is 1. The molecule has 0 amide bonds. The highest BCUT2D eigenvalue weighted by atomic mass is 16.5. The van der Waals surface area contributed by atoms with Gasteiger partial charge in [0.25, 0.3) is 0 Å². The number of ether oxygens (including phenoxy) is 1. The van der Waals surface area contributed by atoms with Crippen molar-refractivity contribution in [2.45, 2.75) is 46.5 Å². The number of aliphatic hydroxyl groups is 1. The monoisotopic (exact) mass is 228 g/mol. The third-order valence-electron chi connectivity index (χ3n) is 2.29. The van der Waals surface area contributed by atoms with Crippen LogP contribution in [-0.2, 0) is 9.53 Å². The summed E-state index contributed by atoms with van der Waals surface area (Å²) >= 11 is 0. The van der Waals surface area contributed by atoms with E-state index in [0.717, 1.165) is 12.8 Å². The van der Waals surface area contributed by atoms with Gasteiger partial charge in [-0.15, -0.1) is 0 Å². The van der Waals surface area contributed by atoms with Crippen LogP contribution in [0.15, 0.2) is 11.6 Å². The summed E-state index contributed by atoms with van der Waals surface area (Å²) in [4.78, 5) is 11.3. The number of hydrogen-bond donors (Lipinski definition) is 1. The third-order valence-corrected chi connectivity index (χ3v) is 2.29. The topological polar surface area (TPSA) is 46.5 Å². The molecule has 0 aromatic rings. The zero-order valence-electron chi connectivity index (χ0n) is 10.7. The molecule has 94 valence electrons. The first-order valence-corrected chi connectivity index (χ1v) is 5.96. The maximum absolute atomic E-state index is 11.3. The molecule has 3 heteroatoms. The van der Waals surface area contributed by atoms with Crippen molar-refractivity contribution in [3.8, 4) is 0 Å². The summed E-state index contributed by atoms with van der Waals surface area (Å²) in [6.45, 7) is 6.62. The lowest BCUT2D eigenvalue weighted by atomic mass is 10.0. The zero-order valence-corrected chi connectivity index (χ0v) is 10.7. The molecule has 0 aliphatic rings. The van der Waals surface area contributed by atoms with E-state index in [0.29, 0.717) is 25.4 Å². The molecule has 0 saturated carbocycles. The van der Waals surface area contributed by atoms with Crippen LogP contribution in [0.2, 0.25) is 0 Å². The molecule has 1 atom stereocenters. The second-order valence-corrected chi connectivity index (χ2v) is 4.47. The Kier molecular flexibility index (Phi) is 8.91. The summed E-state index contributed by atoms with van der Waals surface area (Å²) < 4.78 is 4.97. The van der Waals surface area contributed by atoms with Crippen LogP contribution < -0.4 is 0 Å². The second kappa shape index (κ2) is 9.40. The van der Waals surface area contributed by atoms with Gasteiger partial charge < -0.3 is 9.84 Å². The smallest absolute Gasteiger partial charge is 0.306 e. The number of rotatable bonds is 8. The molecule has 0 radical (unpaired) electrons. The lowest BCUT2D eigenvalue weighted by Crippen LogP contribution is -2.11. The van der Waals surface area contributed by atoms with Crippen LogP contribution in [0.1, 0.15) is 46.5 Å². The first-order valence-electron chi connectivity index (χ1n) is 5.96. The van der Waals surface area contributed by atoms with Crippen molar-refractivity contribution < 1.29 is 14.6 Å². The average Bonchev–Trinajstić information content (AvgIpc) is 2.17. The van der Waals surface area contributed by atoms with Crippen LogP contribution in [0.3, 0.4) is 0 Å². The van der Waals surface area contributed by atoms with E-state index in [1.807, 2.05) is 0 Å². The number of aliphatic hydroxyl groups excluding tert-OH is 1. The van der Waals surface area contributed by atoms with Crippen LogP contribution in [0, 0.1) is 5.92 Å². The number of allylic oxidation sites excluding steroid dienone is 2. The van der Waals surface area contributed by atoms with Gasteiger partial charge in [-0.05, 0) is 32.6 Å². The Morgan fingerprint density at radius 1 is 1.44 bits per heavy atom. The summed E-state index contributed by atoms with van der Waals surface area (Å²) in [6, 6.07) is 0. The van der Waals surface area contributed by atoms with Crippen LogP contribution in [0.25, 0.3) is 0 Å². The van der Waals surface area contributed by atoms with Crippen molar-refractivity contribution in [3.05, 3.63) is 11.6 Å². The molecule has 1 unspecified atom stereocenters.